The molecule has 2 aliphatic heterocycles. The number of nitrogens with zero attached hydrogens (tertiary/aromatic N) is 2. The molecule has 1 atom stereocenters. The van der Waals surface area contributed by atoms with E-state index in [-0.39, 0.29) is 11.2 Å². The molecule has 0 saturated carbocycles. The molecule has 2 rings (SSSR count). The predicted octanol–water partition coefficient (Wildman–Crippen LogP) is 0.215. The topological polar surface area (TPSA) is 53.8 Å². The van der Waals surface area contributed by atoms with Crippen molar-refractivity contribution in [1.82, 2.24) is 5.32 Å². The fraction of sp³-hybridized carbons (Fsp3) is 0.375. The minimum Gasteiger partial charge on any atom is -0.328 e. The average molecular weight is 195 g/mol. The maximum atomic E-state index is 11.5. The van der Waals surface area contributed by atoms with Gasteiger partial charge in [0.1, 0.15) is 11.9 Å². The van der Waals surface area contributed by atoms with Crippen LogP contribution >= 0.6 is 11.8 Å². The summed E-state index contributed by atoms with van der Waals surface area (Å²) in [5.41, 5.74) is 1.54. The summed E-state index contributed by atoms with van der Waals surface area (Å²) in [4.78, 5) is 19.5. The molecular weight excluding hydrogens is 186 g/mol. The third-order valence-corrected chi connectivity index (χ3v) is 3.09. The molecule has 0 spiro atoms. The summed E-state index contributed by atoms with van der Waals surface area (Å²) in [5, 5.41) is 2.51. The van der Waals surface area contributed by atoms with Crippen LogP contribution in [0.1, 0.15) is 0 Å². The second kappa shape index (κ2) is 3.33. The van der Waals surface area contributed by atoms with E-state index < -0.39 is 0 Å². The lowest BCUT2D eigenvalue weighted by molar-refractivity contribution is -0.118. The van der Waals surface area contributed by atoms with E-state index in [0.717, 1.165) is 17.2 Å². The Bertz CT molecular complexity index is 321. The van der Waals surface area contributed by atoms with Crippen molar-refractivity contribution >= 4 is 29.6 Å². The molecule has 1 unspecified atom stereocenters. The Hall–Kier alpha value is -1.10. The van der Waals surface area contributed by atoms with Gasteiger partial charge in [-0.2, -0.15) is 0 Å². The van der Waals surface area contributed by atoms with E-state index in [1.54, 1.807) is 18.0 Å². The van der Waals surface area contributed by atoms with Crippen molar-refractivity contribution in [2.75, 3.05) is 12.4 Å². The number of hydrogen-bond donors (Lipinski definition) is 1. The Kier molecular flexibility index (Phi) is 2.18. The number of carbonyl (C=O) groups excluding carboxylic acids is 1. The first-order valence-corrected chi connectivity index (χ1v) is 4.96. The molecule has 1 saturated heterocycles. The van der Waals surface area contributed by atoms with E-state index >= 15 is 0 Å². The van der Waals surface area contributed by atoms with Crippen LogP contribution in [0.25, 0.3) is 0 Å². The number of carbonyl (C=O) groups is 1. The highest BCUT2D eigenvalue weighted by atomic mass is 32.2. The van der Waals surface area contributed by atoms with E-state index in [4.69, 9.17) is 0 Å². The highest BCUT2D eigenvalue weighted by Gasteiger charge is 2.29. The van der Waals surface area contributed by atoms with Gasteiger partial charge in [0.25, 0.3) is 0 Å². The van der Waals surface area contributed by atoms with Crippen molar-refractivity contribution in [3.63, 3.8) is 0 Å². The van der Waals surface area contributed by atoms with Crippen molar-refractivity contribution in [3.8, 4) is 0 Å². The summed E-state index contributed by atoms with van der Waals surface area (Å²) in [7, 11) is 0. The van der Waals surface area contributed by atoms with Crippen molar-refractivity contribution in [2.45, 2.75) is 5.25 Å². The quantitative estimate of drug-likeness (QED) is 0.650. The molecule has 4 nitrogen and oxygen atoms in total. The molecule has 13 heavy (non-hydrogen) atoms. The highest BCUT2D eigenvalue weighted by molar-refractivity contribution is 8.01. The molecule has 0 bridgehead atoms. The Morgan fingerprint density at radius 1 is 1.69 bits per heavy atom. The molecule has 1 fully saturated rings. The smallest absolute Gasteiger partial charge is 0.243 e. The van der Waals surface area contributed by atoms with Gasteiger partial charge in [-0.3, -0.25) is 14.8 Å². The van der Waals surface area contributed by atoms with Gasteiger partial charge in [0.15, 0.2) is 0 Å². The number of amides is 1. The van der Waals surface area contributed by atoms with Gasteiger partial charge in [0, 0.05) is 17.7 Å². The standard InChI is InChI=1S/C8H9N3OS/c1-5-3-13-7(8(12)11-5)6-2-9-4-10-6/h2,7H,1,3-4H2,(H,11,12). The molecule has 2 heterocycles. The van der Waals surface area contributed by atoms with E-state index in [0.29, 0.717) is 6.67 Å². The fourth-order valence-electron chi connectivity index (χ4n) is 1.20. The zero-order valence-electron chi connectivity index (χ0n) is 6.99. The summed E-state index contributed by atoms with van der Waals surface area (Å²) in [6, 6.07) is 0. The van der Waals surface area contributed by atoms with Crippen LogP contribution in [0.2, 0.25) is 0 Å². The van der Waals surface area contributed by atoms with Crippen LogP contribution < -0.4 is 5.32 Å². The molecule has 2 aliphatic rings. The Morgan fingerprint density at radius 2 is 2.54 bits per heavy atom. The summed E-state index contributed by atoms with van der Waals surface area (Å²) < 4.78 is 0. The molecule has 1 amide bonds. The fourth-order valence-corrected chi connectivity index (χ4v) is 2.16. The van der Waals surface area contributed by atoms with Crippen LogP contribution in [0.3, 0.4) is 0 Å². The second-order valence-corrected chi connectivity index (χ2v) is 3.91. The van der Waals surface area contributed by atoms with E-state index in [1.807, 2.05) is 0 Å². The zero-order valence-corrected chi connectivity index (χ0v) is 7.80. The van der Waals surface area contributed by atoms with Crippen molar-refractivity contribution in [1.29, 1.82) is 0 Å². The van der Waals surface area contributed by atoms with Crippen LogP contribution in [-0.4, -0.2) is 35.5 Å². The molecule has 0 aromatic heterocycles. The van der Waals surface area contributed by atoms with Crippen molar-refractivity contribution in [2.24, 2.45) is 9.98 Å². The minimum atomic E-state index is -0.197. The second-order valence-electron chi connectivity index (χ2n) is 2.82. The number of hydrogen-bond acceptors (Lipinski definition) is 4. The summed E-state index contributed by atoms with van der Waals surface area (Å²) in [5.74, 6) is 0.719. The molecule has 0 aromatic rings. The normalized spacial score (nSPS) is 27.4. The largest absolute Gasteiger partial charge is 0.328 e. The first-order chi connectivity index (χ1) is 6.27. The van der Waals surface area contributed by atoms with Crippen LogP contribution in [0.4, 0.5) is 0 Å². The van der Waals surface area contributed by atoms with Gasteiger partial charge in [-0.15, -0.1) is 11.8 Å². The van der Waals surface area contributed by atoms with Crippen LogP contribution in [-0.2, 0) is 4.79 Å². The van der Waals surface area contributed by atoms with E-state index in [9.17, 15) is 4.79 Å². The average Bonchev–Trinajstić information content (AvgIpc) is 2.56. The molecule has 0 aromatic carbocycles. The first-order valence-electron chi connectivity index (χ1n) is 3.92. The molecular formula is C8H9N3OS. The molecule has 1 N–H and O–H groups in total. The van der Waals surface area contributed by atoms with Gasteiger partial charge < -0.3 is 5.32 Å². The zero-order chi connectivity index (χ0) is 9.26. The lowest BCUT2D eigenvalue weighted by atomic mass is 10.2. The minimum absolute atomic E-state index is 0.0339. The SMILES string of the molecule is C=C1CSC(C2=NCN=C2)C(=O)N1. The van der Waals surface area contributed by atoms with Crippen molar-refractivity contribution in [3.05, 3.63) is 12.3 Å². The van der Waals surface area contributed by atoms with Crippen LogP contribution in [0.5, 0.6) is 0 Å². The van der Waals surface area contributed by atoms with Crippen LogP contribution in [0, 0.1) is 0 Å². The predicted molar refractivity (Wildman–Crippen MR) is 54.3 cm³/mol. The Morgan fingerprint density at radius 3 is 3.15 bits per heavy atom. The van der Waals surface area contributed by atoms with Crippen LogP contribution in [0.15, 0.2) is 22.3 Å². The lowest BCUT2D eigenvalue weighted by Gasteiger charge is -2.21. The molecule has 68 valence electrons. The maximum Gasteiger partial charge on any atom is 0.243 e. The number of aliphatic imine (C=N–C) groups is 2. The van der Waals surface area contributed by atoms with Crippen molar-refractivity contribution < 1.29 is 4.79 Å². The molecule has 0 aliphatic carbocycles. The Balaban J connectivity index is 2.12. The van der Waals surface area contributed by atoms with Gasteiger partial charge in [-0.25, -0.2) is 0 Å². The van der Waals surface area contributed by atoms with Gasteiger partial charge in [-0.05, 0) is 0 Å². The summed E-state index contributed by atoms with van der Waals surface area (Å²) in [6.45, 7) is 4.16. The highest BCUT2D eigenvalue weighted by Crippen LogP contribution is 2.20. The lowest BCUT2D eigenvalue weighted by Crippen LogP contribution is -2.42. The van der Waals surface area contributed by atoms with Gasteiger partial charge >= 0.3 is 0 Å². The third-order valence-electron chi connectivity index (χ3n) is 1.79. The number of nitrogens with one attached hydrogen (secondary N) is 1. The monoisotopic (exact) mass is 195 g/mol. The van der Waals surface area contributed by atoms with E-state index in [1.165, 1.54) is 0 Å². The number of rotatable bonds is 1. The summed E-state index contributed by atoms with van der Waals surface area (Å²) >= 11 is 1.54. The maximum absolute atomic E-state index is 11.5. The van der Waals surface area contributed by atoms with Gasteiger partial charge in [-0.1, -0.05) is 6.58 Å². The molecule has 5 heteroatoms. The third kappa shape index (κ3) is 1.65. The molecule has 0 radical (unpaired) electrons. The number of thioether (sulfide) groups is 1. The van der Waals surface area contributed by atoms with Gasteiger partial charge in [0.05, 0.1) is 5.71 Å². The van der Waals surface area contributed by atoms with Gasteiger partial charge in [0.2, 0.25) is 5.91 Å². The summed E-state index contributed by atoms with van der Waals surface area (Å²) in [6.07, 6.45) is 1.67. The Labute approximate surface area is 80.2 Å². The first kappa shape index (κ1) is 8.50. The van der Waals surface area contributed by atoms with E-state index in [2.05, 4.69) is 21.9 Å².